The molecule has 116 valence electrons. The Labute approximate surface area is 135 Å². The minimum atomic E-state index is 0.916. The molecule has 0 N–H and O–H groups in total. The molecule has 4 rings (SSSR count). The largest absolute Gasteiger partial charge is 0.353 e. The van der Waals surface area contributed by atoms with Crippen molar-refractivity contribution in [1.29, 1.82) is 0 Å². The van der Waals surface area contributed by atoms with Crippen LogP contribution in [0.3, 0.4) is 0 Å². The second kappa shape index (κ2) is 6.30. The number of nitrogens with zero attached hydrogens (tertiary/aromatic N) is 5. The van der Waals surface area contributed by atoms with Crippen molar-refractivity contribution in [3.05, 3.63) is 60.7 Å². The van der Waals surface area contributed by atoms with Crippen molar-refractivity contribution < 1.29 is 0 Å². The number of rotatable bonds is 3. The number of fused-ring (bicyclic) bond motifs is 1. The molecular weight excluding hydrogens is 286 g/mol. The molecule has 0 amide bonds. The van der Waals surface area contributed by atoms with E-state index in [2.05, 4.69) is 36.9 Å². The Balaban J connectivity index is 1.47. The second-order valence-corrected chi connectivity index (χ2v) is 5.80. The molecule has 0 aliphatic carbocycles. The molecule has 5 heteroatoms. The van der Waals surface area contributed by atoms with Crippen LogP contribution in [-0.4, -0.2) is 46.0 Å². The first-order chi connectivity index (χ1) is 11.4. The first-order valence-electron chi connectivity index (χ1n) is 7.97. The van der Waals surface area contributed by atoms with Crippen LogP contribution in [0.25, 0.3) is 10.9 Å². The van der Waals surface area contributed by atoms with Gasteiger partial charge in [-0.1, -0.05) is 18.2 Å². The lowest BCUT2D eigenvalue weighted by Gasteiger charge is -2.35. The monoisotopic (exact) mass is 305 g/mol. The van der Waals surface area contributed by atoms with Gasteiger partial charge in [-0.3, -0.25) is 9.88 Å². The van der Waals surface area contributed by atoms with Crippen LogP contribution >= 0.6 is 0 Å². The van der Waals surface area contributed by atoms with Gasteiger partial charge in [0.1, 0.15) is 12.1 Å². The highest BCUT2D eigenvalue weighted by Gasteiger charge is 2.20. The maximum absolute atomic E-state index is 4.52. The predicted molar refractivity (Wildman–Crippen MR) is 91.3 cm³/mol. The van der Waals surface area contributed by atoms with E-state index in [-0.39, 0.29) is 0 Å². The normalized spacial score (nSPS) is 15.9. The number of anilines is 1. The summed E-state index contributed by atoms with van der Waals surface area (Å²) in [5.41, 5.74) is 2.14. The van der Waals surface area contributed by atoms with E-state index in [0.29, 0.717) is 0 Å². The zero-order valence-corrected chi connectivity index (χ0v) is 13.0. The van der Waals surface area contributed by atoms with Gasteiger partial charge in [-0.2, -0.15) is 0 Å². The Bertz CT molecular complexity index is 776. The Kier molecular flexibility index (Phi) is 3.86. The van der Waals surface area contributed by atoms with Crippen LogP contribution in [0.4, 0.5) is 5.82 Å². The molecule has 0 bridgehead atoms. The van der Waals surface area contributed by atoms with Gasteiger partial charge in [0.05, 0.1) is 11.2 Å². The highest BCUT2D eigenvalue weighted by molar-refractivity contribution is 5.89. The van der Waals surface area contributed by atoms with Crippen molar-refractivity contribution in [3.8, 4) is 0 Å². The lowest BCUT2D eigenvalue weighted by atomic mass is 10.2. The molecule has 2 aromatic heterocycles. The molecule has 0 atom stereocenters. The molecule has 1 fully saturated rings. The molecule has 3 aromatic rings. The third kappa shape index (κ3) is 3.00. The number of benzene rings is 1. The summed E-state index contributed by atoms with van der Waals surface area (Å²) in [5, 5.41) is 1.13. The van der Waals surface area contributed by atoms with Crippen LogP contribution in [0.2, 0.25) is 0 Å². The summed E-state index contributed by atoms with van der Waals surface area (Å²) < 4.78 is 0. The highest BCUT2D eigenvalue weighted by atomic mass is 15.3. The van der Waals surface area contributed by atoms with Gasteiger partial charge < -0.3 is 4.90 Å². The van der Waals surface area contributed by atoms with Crippen molar-refractivity contribution in [2.75, 3.05) is 31.1 Å². The van der Waals surface area contributed by atoms with E-state index < -0.39 is 0 Å². The third-order valence-electron chi connectivity index (χ3n) is 4.31. The first-order valence-corrected chi connectivity index (χ1v) is 7.97. The lowest BCUT2D eigenvalue weighted by molar-refractivity contribution is 0.247. The van der Waals surface area contributed by atoms with E-state index in [9.17, 15) is 0 Å². The van der Waals surface area contributed by atoms with Crippen molar-refractivity contribution >= 4 is 16.7 Å². The van der Waals surface area contributed by atoms with E-state index in [4.69, 9.17) is 0 Å². The molecule has 1 aromatic carbocycles. The predicted octanol–water partition coefficient (Wildman–Crippen LogP) is 2.35. The SMILES string of the molecule is c1ccc(CN2CCN(c3ncnc4ccccc34)CC2)nc1. The Morgan fingerprint density at radius 1 is 0.826 bits per heavy atom. The van der Waals surface area contributed by atoms with Gasteiger partial charge in [0, 0.05) is 44.3 Å². The van der Waals surface area contributed by atoms with Crippen molar-refractivity contribution in [3.63, 3.8) is 0 Å². The van der Waals surface area contributed by atoms with Crippen molar-refractivity contribution in [1.82, 2.24) is 19.9 Å². The van der Waals surface area contributed by atoms with E-state index in [1.807, 2.05) is 36.5 Å². The minimum absolute atomic E-state index is 0.916. The van der Waals surface area contributed by atoms with Gasteiger partial charge in [0.25, 0.3) is 0 Å². The van der Waals surface area contributed by atoms with Gasteiger partial charge >= 0.3 is 0 Å². The summed E-state index contributed by atoms with van der Waals surface area (Å²) in [6, 6.07) is 14.3. The fourth-order valence-corrected chi connectivity index (χ4v) is 3.08. The number of aromatic nitrogens is 3. The van der Waals surface area contributed by atoms with Crippen LogP contribution in [0.5, 0.6) is 0 Å². The maximum atomic E-state index is 4.52. The minimum Gasteiger partial charge on any atom is -0.353 e. The zero-order valence-electron chi connectivity index (χ0n) is 13.0. The molecule has 23 heavy (non-hydrogen) atoms. The number of para-hydroxylation sites is 1. The summed E-state index contributed by atoms with van der Waals surface area (Å²) in [7, 11) is 0. The molecule has 1 saturated heterocycles. The van der Waals surface area contributed by atoms with E-state index >= 15 is 0 Å². The van der Waals surface area contributed by atoms with Gasteiger partial charge in [-0.25, -0.2) is 9.97 Å². The van der Waals surface area contributed by atoms with Gasteiger partial charge in [-0.05, 0) is 24.3 Å². The quantitative estimate of drug-likeness (QED) is 0.743. The van der Waals surface area contributed by atoms with E-state index in [0.717, 1.165) is 55.1 Å². The number of piperazine rings is 1. The Morgan fingerprint density at radius 2 is 1.65 bits per heavy atom. The fraction of sp³-hybridized carbons (Fsp3) is 0.278. The average Bonchev–Trinajstić information content (AvgIpc) is 2.63. The highest BCUT2D eigenvalue weighted by Crippen LogP contribution is 2.23. The topological polar surface area (TPSA) is 45.2 Å². The molecule has 0 radical (unpaired) electrons. The molecule has 1 aliphatic rings. The van der Waals surface area contributed by atoms with Crippen molar-refractivity contribution in [2.45, 2.75) is 6.54 Å². The van der Waals surface area contributed by atoms with Crippen LogP contribution in [0.15, 0.2) is 55.0 Å². The number of hydrogen-bond donors (Lipinski definition) is 0. The van der Waals surface area contributed by atoms with Gasteiger partial charge in [-0.15, -0.1) is 0 Å². The molecule has 0 unspecified atom stereocenters. The summed E-state index contributed by atoms with van der Waals surface area (Å²) >= 11 is 0. The Hall–Kier alpha value is -2.53. The Morgan fingerprint density at radius 3 is 2.48 bits per heavy atom. The lowest BCUT2D eigenvalue weighted by Crippen LogP contribution is -2.46. The molecule has 5 nitrogen and oxygen atoms in total. The second-order valence-electron chi connectivity index (χ2n) is 5.80. The van der Waals surface area contributed by atoms with E-state index in [1.165, 1.54) is 0 Å². The molecule has 1 aliphatic heterocycles. The number of pyridine rings is 1. The van der Waals surface area contributed by atoms with Gasteiger partial charge in [0.2, 0.25) is 0 Å². The molecule has 0 saturated carbocycles. The van der Waals surface area contributed by atoms with Crippen LogP contribution in [0.1, 0.15) is 5.69 Å². The summed E-state index contributed by atoms with van der Waals surface area (Å²) in [6.07, 6.45) is 3.52. The van der Waals surface area contributed by atoms with E-state index in [1.54, 1.807) is 6.33 Å². The standard InChI is InChI=1S/C18H19N5/c1-2-7-17-16(6-1)18(21-14-20-17)23-11-9-22(10-12-23)13-15-5-3-4-8-19-15/h1-8,14H,9-13H2. The van der Waals surface area contributed by atoms with Crippen LogP contribution < -0.4 is 4.90 Å². The average molecular weight is 305 g/mol. The van der Waals surface area contributed by atoms with Gasteiger partial charge in [0.15, 0.2) is 0 Å². The fourth-order valence-electron chi connectivity index (χ4n) is 3.08. The van der Waals surface area contributed by atoms with Crippen molar-refractivity contribution in [2.24, 2.45) is 0 Å². The third-order valence-corrected chi connectivity index (χ3v) is 4.31. The summed E-state index contributed by atoms with van der Waals surface area (Å²) in [5.74, 6) is 1.05. The van der Waals surface area contributed by atoms with Crippen LogP contribution in [0, 0.1) is 0 Å². The zero-order chi connectivity index (χ0) is 15.5. The summed E-state index contributed by atoms with van der Waals surface area (Å²) in [6.45, 7) is 4.92. The smallest absolute Gasteiger partial charge is 0.139 e. The van der Waals surface area contributed by atoms with Crippen LogP contribution in [-0.2, 0) is 6.54 Å². The maximum Gasteiger partial charge on any atom is 0.139 e. The molecule has 0 spiro atoms. The number of hydrogen-bond acceptors (Lipinski definition) is 5. The molecule has 3 heterocycles. The summed E-state index contributed by atoms with van der Waals surface area (Å²) in [4.78, 5) is 18.1. The first kappa shape index (κ1) is 14.1. The molecular formula is C18H19N5.